The summed E-state index contributed by atoms with van der Waals surface area (Å²) in [6, 6.07) is 6.38. The minimum absolute atomic E-state index is 0.0158. The van der Waals surface area contributed by atoms with Crippen molar-refractivity contribution in [3.63, 3.8) is 0 Å². The molecule has 14 heavy (non-hydrogen) atoms. The molecule has 0 aliphatic carbocycles. The third kappa shape index (κ3) is 2.99. The van der Waals surface area contributed by atoms with Gasteiger partial charge in [0.1, 0.15) is 0 Å². The van der Waals surface area contributed by atoms with Crippen molar-refractivity contribution in [3.8, 4) is 5.75 Å². The molecule has 0 aliphatic rings. The molecule has 0 heterocycles. The number of para-hydroxylation sites is 2. The molecule has 0 saturated carbocycles. The number of hydrogen-bond donors (Lipinski definition) is 0. The minimum atomic E-state index is -0.441. The number of nitro groups is 1. The van der Waals surface area contributed by atoms with E-state index in [1.807, 2.05) is 0 Å². The maximum absolute atomic E-state index is 10.6. The second-order valence-electron chi connectivity index (χ2n) is 2.62. The minimum Gasteiger partial charge on any atom is -0.487 e. The van der Waals surface area contributed by atoms with Gasteiger partial charge in [-0.05, 0) is 12.5 Å². The standard InChI is InChI=1S/C9H10BrNO3/c10-6-3-7-14-9-5-2-1-4-8(9)11(12)13/h1-2,4-5H,3,6-7H2. The van der Waals surface area contributed by atoms with Crippen molar-refractivity contribution < 1.29 is 9.66 Å². The number of nitro benzene ring substituents is 1. The summed E-state index contributed by atoms with van der Waals surface area (Å²) in [4.78, 5) is 10.1. The molecule has 0 fully saturated rings. The monoisotopic (exact) mass is 259 g/mol. The van der Waals surface area contributed by atoms with Gasteiger partial charge in [0.2, 0.25) is 0 Å². The molecule has 5 heteroatoms. The Labute approximate surface area is 90.2 Å². The molecular formula is C9H10BrNO3. The Bertz CT molecular complexity index is 317. The lowest BCUT2D eigenvalue weighted by Gasteiger charge is -2.04. The topological polar surface area (TPSA) is 52.4 Å². The highest BCUT2D eigenvalue weighted by atomic mass is 79.9. The molecule has 0 aromatic heterocycles. The second kappa shape index (κ2) is 5.59. The number of ether oxygens (including phenoxy) is 1. The molecule has 1 aromatic rings. The Balaban J connectivity index is 2.69. The van der Waals surface area contributed by atoms with Gasteiger partial charge in [-0.2, -0.15) is 0 Å². The average molecular weight is 260 g/mol. The van der Waals surface area contributed by atoms with Crippen molar-refractivity contribution in [2.45, 2.75) is 6.42 Å². The van der Waals surface area contributed by atoms with E-state index < -0.39 is 4.92 Å². The molecule has 0 amide bonds. The number of rotatable bonds is 5. The Kier molecular flexibility index (Phi) is 4.39. The number of benzene rings is 1. The summed E-state index contributed by atoms with van der Waals surface area (Å²) in [5, 5.41) is 11.4. The van der Waals surface area contributed by atoms with Crippen molar-refractivity contribution in [1.29, 1.82) is 0 Å². The van der Waals surface area contributed by atoms with E-state index in [1.165, 1.54) is 6.07 Å². The fourth-order valence-electron chi connectivity index (χ4n) is 0.967. The SMILES string of the molecule is O=[N+]([O-])c1ccccc1OCCCBr. The first kappa shape index (κ1) is 11.0. The molecule has 0 bridgehead atoms. The maximum Gasteiger partial charge on any atom is 0.310 e. The Morgan fingerprint density at radius 1 is 1.43 bits per heavy atom. The summed E-state index contributed by atoms with van der Waals surface area (Å²) in [7, 11) is 0. The highest BCUT2D eigenvalue weighted by Crippen LogP contribution is 2.25. The van der Waals surface area contributed by atoms with E-state index in [1.54, 1.807) is 18.2 Å². The number of hydrogen-bond acceptors (Lipinski definition) is 3. The molecule has 0 unspecified atom stereocenters. The zero-order chi connectivity index (χ0) is 10.4. The van der Waals surface area contributed by atoms with E-state index in [4.69, 9.17) is 4.74 Å². The highest BCUT2D eigenvalue weighted by molar-refractivity contribution is 9.09. The van der Waals surface area contributed by atoms with Crippen LogP contribution < -0.4 is 4.74 Å². The zero-order valence-corrected chi connectivity index (χ0v) is 9.07. The molecule has 1 rings (SSSR count). The lowest BCUT2D eigenvalue weighted by atomic mass is 10.3. The molecule has 0 aliphatic heterocycles. The summed E-state index contributed by atoms with van der Waals surface area (Å²) in [5.41, 5.74) is 0.0158. The van der Waals surface area contributed by atoms with Gasteiger partial charge in [-0.3, -0.25) is 10.1 Å². The average Bonchev–Trinajstić information content (AvgIpc) is 2.19. The lowest BCUT2D eigenvalue weighted by molar-refractivity contribution is -0.385. The van der Waals surface area contributed by atoms with Crippen molar-refractivity contribution in [1.82, 2.24) is 0 Å². The third-order valence-corrected chi connectivity index (χ3v) is 2.16. The van der Waals surface area contributed by atoms with Gasteiger partial charge in [0.15, 0.2) is 5.75 Å². The van der Waals surface area contributed by atoms with Crippen molar-refractivity contribution >= 4 is 21.6 Å². The van der Waals surface area contributed by atoms with Gasteiger partial charge < -0.3 is 4.74 Å². The molecule has 0 saturated heterocycles. The molecule has 0 radical (unpaired) electrons. The van der Waals surface area contributed by atoms with Crippen LogP contribution in [0.4, 0.5) is 5.69 Å². The van der Waals surface area contributed by atoms with E-state index in [2.05, 4.69) is 15.9 Å². The van der Waals surface area contributed by atoms with Crippen molar-refractivity contribution in [2.75, 3.05) is 11.9 Å². The van der Waals surface area contributed by atoms with Crippen molar-refractivity contribution in [2.24, 2.45) is 0 Å². The molecule has 0 N–H and O–H groups in total. The summed E-state index contributed by atoms with van der Waals surface area (Å²) in [6.45, 7) is 0.482. The van der Waals surface area contributed by atoms with E-state index in [-0.39, 0.29) is 5.69 Å². The lowest BCUT2D eigenvalue weighted by Crippen LogP contribution is -2.00. The fourth-order valence-corrected chi connectivity index (χ4v) is 1.20. The zero-order valence-electron chi connectivity index (χ0n) is 7.48. The maximum atomic E-state index is 10.6. The Morgan fingerprint density at radius 2 is 2.14 bits per heavy atom. The molecule has 76 valence electrons. The van der Waals surface area contributed by atoms with Crippen LogP contribution in [0.5, 0.6) is 5.75 Å². The van der Waals surface area contributed by atoms with Crippen LogP contribution in [0.2, 0.25) is 0 Å². The first-order valence-electron chi connectivity index (χ1n) is 4.18. The van der Waals surface area contributed by atoms with E-state index in [9.17, 15) is 10.1 Å². The first-order valence-corrected chi connectivity index (χ1v) is 5.30. The number of nitrogens with zero attached hydrogens (tertiary/aromatic N) is 1. The van der Waals surface area contributed by atoms with Crippen LogP contribution in [0, 0.1) is 10.1 Å². The van der Waals surface area contributed by atoms with Crippen LogP contribution in [0.3, 0.4) is 0 Å². The van der Waals surface area contributed by atoms with Crippen LogP contribution >= 0.6 is 15.9 Å². The second-order valence-corrected chi connectivity index (χ2v) is 3.41. The summed E-state index contributed by atoms with van der Waals surface area (Å²) in [5.74, 6) is 0.332. The van der Waals surface area contributed by atoms with Crippen molar-refractivity contribution in [3.05, 3.63) is 34.4 Å². The smallest absolute Gasteiger partial charge is 0.310 e. The quantitative estimate of drug-likeness (QED) is 0.354. The fraction of sp³-hybridized carbons (Fsp3) is 0.333. The molecular weight excluding hydrogens is 250 g/mol. The largest absolute Gasteiger partial charge is 0.487 e. The van der Waals surface area contributed by atoms with Gasteiger partial charge in [0.05, 0.1) is 11.5 Å². The van der Waals surface area contributed by atoms with Gasteiger partial charge in [-0.25, -0.2) is 0 Å². The number of alkyl halides is 1. The molecule has 0 spiro atoms. The van der Waals surface area contributed by atoms with E-state index in [0.717, 1.165) is 11.8 Å². The van der Waals surface area contributed by atoms with E-state index in [0.29, 0.717) is 12.4 Å². The summed E-state index contributed by atoms with van der Waals surface area (Å²) in [6.07, 6.45) is 0.825. The van der Waals surface area contributed by atoms with Gasteiger partial charge in [-0.1, -0.05) is 28.1 Å². The summed E-state index contributed by atoms with van der Waals surface area (Å²) >= 11 is 3.26. The van der Waals surface area contributed by atoms with Gasteiger partial charge in [0, 0.05) is 11.4 Å². The van der Waals surface area contributed by atoms with Crippen LogP contribution in [-0.2, 0) is 0 Å². The highest BCUT2D eigenvalue weighted by Gasteiger charge is 2.12. The van der Waals surface area contributed by atoms with Crippen LogP contribution in [0.25, 0.3) is 0 Å². The third-order valence-electron chi connectivity index (χ3n) is 1.60. The molecule has 1 aromatic carbocycles. The van der Waals surface area contributed by atoms with Crippen LogP contribution in [0.15, 0.2) is 24.3 Å². The Morgan fingerprint density at radius 3 is 2.79 bits per heavy atom. The summed E-state index contributed by atoms with van der Waals surface area (Å²) < 4.78 is 5.27. The van der Waals surface area contributed by atoms with Gasteiger partial charge >= 0.3 is 5.69 Å². The molecule has 0 atom stereocenters. The van der Waals surface area contributed by atoms with Crippen LogP contribution in [-0.4, -0.2) is 16.9 Å². The molecule has 4 nitrogen and oxygen atoms in total. The van der Waals surface area contributed by atoms with Gasteiger partial charge in [0.25, 0.3) is 0 Å². The Hall–Kier alpha value is -1.10. The van der Waals surface area contributed by atoms with E-state index >= 15 is 0 Å². The predicted octanol–water partition coefficient (Wildman–Crippen LogP) is 2.76. The van der Waals surface area contributed by atoms with Crippen LogP contribution in [0.1, 0.15) is 6.42 Å². The predicted molar refractivity (Wildman–Crippen MR) is 57.0 cm³/mol. The van der Waals surface area contributed by atoms with Gasteiger partial charge in [-0.15, -0.1) is 0 Å². The number of halogens is 1. The normalized spacial score (nSPS) is 9.79. The first-order chi connectivity index (χ1) is 6.75.